The van der Waals surface area contributed by atoms with Gasteiger partial charge in [0.1, 0.15) is 6.61 Å². The van der Waals surface area contributed by atoms with Gasteiger partial charge in [0.25, 0.3) is 0 Å². The number of benzene rings is 2. The van der Waals surface area contributed by atoms with E-state index in [9.17, 15) is 0 Å². The Labute approximate surface area is 187 Å². The fourth-order valence-electron chi connectivity index (χ4n) is 3.68. The van der Waals surface area contributed by atoms with Crippen molar-refractivity contribution >= 4 is 10.9 Å². The maximum absolute atomic E-state index is 6.00. The molecule has 1 unspecified atom stereocenters. The molecule has 0 saturated heterocycles. The van der Waals surface area contributed by atoms with Gasteiger partial charge in [-0.2, -0.15) is 5.10 Å². The van der Waals surface area contributed by atoms with E-state index in [2.05, 4.69) is 46.6 Å². The van der Waals surface area contributed by atoms with Crippen LogP contribution in [0.15, 0.2) is 54.9 Å². The first kappa shape index (κ1) is 21.7. The van der Waals surface area contributed by atoms with Gasteiger partial charge in [0.2, 0.25) is 0 Å². The molecule has 0 spiro atoms. The number of ether oxygens (including phenoxy) is 2. The molecule has 4 aromatic rings. The lowest BCUT2D eigenvalue weighted by Gasteiger charge is -2.22. The summed E-state index contributed by atoms with van der Waals surface area (Å²) in [6.45, 7) is 1.04. The van der Waals surface area contributed by atoms with E-state index in [1.165, 1.54) is 0 Å². The molecule has 4 rings (SSSR count). The van der Waals surface area contributed by atoms with Gasteiger partial charge in [-0.05, 0) is 51.0 Å². The van der Waals surface area contributed by atoms with Gasteiger partial charge in [0.15, 0.2) is 17.3 Å². The average molecular weight is 433 g/mol. The van der Waals surface area contributed by atoms with Crippen LogP contribution in [0.4, 0.5) is 0 Å². The number of hydrogen-bond donors (Lipinski definition) is 2. The number of hydrogen-bond acceptors (Lipinski definition) is 7. The van der Waals surface area contributed by atoms with Crippen LogP contribution >= 0.6 is 0 Å². The molecule has 0 amide bonds. The Morgan fingerprint density at radius 2 is 1.88 bits per heavy atom. The maximum Gasteiger partial charge on any atom is 0.167 e. The van der Waals surface area contributed by atoms with Crippen molar-refractivity contribution in [1.29, 1.82) is 0 Å². The molecule has 2 aromatic heterocycles. The number of nitrogens with zero attached hydrogens (tertiary/aromatic N) is 4. The summed E-state index contributed by atoms with van der Waals surface area (Å²) in [6.07, 6.45) is 3.69. The van der Waals surface area contributed by atoms with Crippen molar-refractivity contribution in [3.8, 4) is 22.6 Å². The molecular weight excluding hydrogens is 404 g/mol. The van der Waals surface area contributed by atoms with Crippen LogP contribution in [0.1, 0.15) is 17.6 Å². The zero-order valence-electron chi connectivity index (χ0n) is 18.8. The molecule has 166 valence electrons. The minimum atomic E-state index is 0.0279. The standard InChI is InChI=1S/C24H28N6O2/c1-25-20(14-30(2)3)24-18-11-16(17-12-26-27-13-17)9-10-19(18)28-23(29-24)15-32-22-8-6-5-7-21(22)31-4/h5-13,20,25H,14-15H2,1-4H3,(H,26,27). The van der Waals surface area contributed by atoms with Crippen LogP contribution in [0.2, 0.25) is 0 Å². The number of nitrogens with one attached hydrogen (secondary N) is 2. The minimum Gasteiger partial charge on any atom is -0.493 e. The summed E-state index contributed by atoms with van der Waals surface area (Å²) in [6, 6.07) is 13.8. The third-order valence-electron chi connectivity index (χ3n) is 5.26. The summed E-state index contributed by atoms with van der Waals surface area (Å²) in [7, 11) is 7.68. The van der Waals surface area contributed by atoms with Crippen molar-refractivity contribution in [2.24, 2.45) is 0 Å². The number of H-pyrrole nitrogens is 1. The molecule has 2 heterocycles. The molecule has 0 aliphatic rings. The Morgan fingerprint density at radius 1 is 1.06 bits per heavy atom. The highest BCUT2D eigenvalue weighted by Gasteiger charge is 2.19. The zero-order valence-corrected chi connectivity index (χ0v) is 18.8. The monoisotopic (exact) mass is 432 g/mol. The van der Waals surface area contributed by atoms with E-state index < -0.39 is 0 Å². The highest BCUT2D eigenvalue weighted by Crippen LogP contribution is 2.29. The predicted molar refractivity (Wildman–Crippen MR) is 125 cm³/mol. The van der Waals surface area contributed by atoms with E-state index in [-0.39, 0.29) is 12.6 Å². The number of rotatable bonds is 9. The zero-order chi connectivity index (χ0) is 22.5. The summed E-state index contributed by atoms with van der Waals surface area (Å²) in [5.74, 6) is 1.96. The summed E-state index contributed by atoms with van der Waals surface area (Å²) in [4.78, 5) is 11.9. The van der Waals surface area contributed by atoms with Crippen molar-refractivity contribution in [3.05, 3.63) is 66.4 Å². The smallest absolute Gasteiger partial charge is 0.167 e. The molecule has 32 heavy (non-hydrogen) atoms. The number of fused-ring (bicyclic) bond motifs is 1. The van der Waals surface area contributed by atoms with Gasteiger partial charge in [-0.1, -0.05) is 18.2 Å². The summed E-state index contributed by atoms with van der Waals surface area (Å²) in [5, 5.41) is 11.4. The van der Waals surface area contributed by atoms with E-state index in [1.54, 1.807) is 7.11 Å². The van der Waals surface area contributed by atoms with Gasteiger partial charge in [0.05, 0.1) is 30.6 Å². The average Bonchev–Trinajstić information content (AvgIpc) is 3.35. The van der Waals surface area contributed by atoms with Crippen LogP contribution in [0.3, 0.4) is 0 Å². The van der Waals surface area contributed by atoms with Crippen LogP contribution in [-0.2, 0) is 6.61 Å². The normalized spacial score (nSPS) is 12.3. The third kappa shape index (κ3) is 4.71. The second-order valence-electron chi connectivity index (χ2n) is 7.79. The molecule has 0 bridgehead atoms. The van der Waals surface area contributed by atoms with Crippen LogP contribution < -0.4 is 14.8 Å². The fraction of sp³-hybridized carbons (Fsp3) is 0.292. The van der Waals surface area contributed by atoms with Crippen LogP contribution in [0, 0.1) is 0 Å². The van der Waals surface area contributed by atoms with Gasteiger partial charge in [0, 0.05) is 23.7 Å². The molecule has 8 heteroatoms. The lowest BCUT2D eigenvalue weighted by Crippen LogP contribution is -2.30. The summed E-state index contributed by atoms with van der Waals surface area (Å²) < 4.78 is 11.4. The molecule has 0 radical (unpaired) electrons. The number of aromatic amines is 1. The molecule has 1 atom stereocenters. The van der Waals surface area contributed by atoms with Crippen LogP contribution in [0.5, 0.6) is 11.5 Å². The summed E-state index contributed by atoms with van der Waals surface area (Å²) in [5.41, 5.74) is 3.90. The Bertz CT molecular complexity index is 1180. The van der Waals surface area contributed by atoms with E-state index >= 15 is 0 Å². The summed E-state index contributed by atoms with van der Waals surface area (Å²) >= 11 is 0. The van der Waals surface area contributed by atoms with Crippen molar-refractivity contribution in [3.63, 3.8) is 0 Å². The molecule has 0 aliphatic carbocycles. The van der Waals surface area contributed by atoms with Gasteiger partial charge < -0.3 is 19.7 Å². The molecule has 0 fully saturated rings. The number of methoxy groups -OCH3 is 1. The van der Waals surface area contributed by atoms with E-state index in [0.29, 0.717) is 17.3 Å². The van der Waals surface area contributed by atoms with Crippen LogP contribution in [0.25, 0.3) is 22.0 Å². The van der Waals surface area contributed by atoms with Gasteiger partial charge in [-0.3, -0.25) is 5.10 Å². The van der Waals surface area contributed by atoms with Crippen LogP contribution in [-0.4, -0.2) is 59.9 Å². The highest BCUT2D eigenvalue weighted by molar-refractivity contribution is 5.86. The second kappa shape index (κ2) is 9.76. The lowest BCUT2D eigenvalue weighted by atomic mass is 10.0. The molecule has 8 nitrogen and oxygen atoms in total. The predicted octanol–water partition coefficient (Wildman–Crippen LogP) is 3.43. The molecule has 0 saturated carbocycles. The second-order valence-corrected chi connectivity index (χ2v) is 7.79. The molecular formula is C24H28N6O2. The van der Waals surface area contributed by atoms with Crippen molar-refractivity contribution in [1.82, 2.24) is 30.4 Å². The first-order valence-electron chi connectivity index (χ1n) is 10.5. The Hall–Kier alpha value is -3.49. The fourth-order valence-corrected chi connectivity index (χ4v) is 3.68. The van der Waals surface area contributed by atoms with E-state index in [1.807, 2.05) is 49.8 Å². The van der Waals surface area contributed by atoms with E-state index in [0.717, 1.165) is 34.3 Å². The highest BCUT2D eigenvalue weighted by atomic mass is 16.5. The Morgan fingerprint density at radius 3 is 2.56 bits per heavy atom. The quantitative estimate of drug-likeness (QED) is 0.419. The minimum absolute atomic E-state index is 0.0279. The topological polar surface area (TPSA) is 88.2 Å². The number of para-hydroxylation sites is 2. The van der Waals surface area contributed by atoms with Crippen molar-refractivity contribution in [2.45, 2.75) is 12.6 Å². The lowest BCUT2D eigenvalue weighted by molar-refractivity contribution is 0.275. The van der Waals surface area contributed by atoms with Crippen molar-refractivity contribution in [2.75, 3.05) is 34.8 Å². The van der Waals surface area contributed by atoms with Gasteiger partial charge in [-0.25, -0.2) is 9.97 Å². The number of likely N-dealkylation sites (N-methyl/N-ethyl adjacent to an activating group) is 2. The van der Waals surface area contributed by atoms with Gasteiger partial charge in [-0.15, -0.1) is 0 Å². The van der Waals surface area contributed by atoms with Gasteiger partial charge >= 0.3 is 0 Å². The number of aromatic nitrogens is 4. The third-order valence-corrected chi connectivity index (χ3v) is 5.26. The molecule has 0 aliphatic heterocycles. The first-order valence-corrected chi connectivity index (χ1v) is 10.5. The SMILES string of the molecule is CNC(CN(C)C)c1nc(COc2ccccc2OC)nc2ccc(-c3cn[nH]c3)cc12. The first-order chi connectivity index (χ1) is 15.6. The van der Waals surface area contributed by atoms with Crippen molar-refractivity contribution < 1.29 is 9.47 Å². The molecule has 2 aromatic carbocycles. The van der Waals surface area contributed by atoms with E-state index in [4.69, 9.17) is 19.4 Å². The molecule has 2 N–H and O–H groups in total. The Balaban J connectivity index is 1.74. The maximum atomic E-state index is 6.00. The largest absolute Gasteiger partial charge is 0.493 e. The Kier molecular flexibility index (Phi) is 6.63.